The number of hydrogen-bond donors (Lipinski definition) is 2. The highest BCUT2D eigenvalue weighted by atomic mass is 16.5. The van der Waals surface area contributed by atoms with Crippen molar-refractivity contribution < 1.29 is 19.4 Å². The summed E-state index contributed by atoms with van der Waals surface area (Å²) in [7, 11) is 0. The van der Waals surface area contributed by atoms with Crippen LogP contribution in [-0.2, 0) is 9.53 Å². The van der Waals surface area contributed by atoms with Gasteiger partial charge in [-0.25, -0.2) is 9.59 Å². The van der Waals surface area contributed by atoms with E-state index in [1.54, 1.807) is 0 Å². The SMILES string of the molecule is Cc1cc(C)c(NC(=O)N2CCOCC2C(=O)O)c(C)c1. The summed E-state index contributed by atoms with van der Waals surface area (Å²) < 4.78 is 5.13. The van der Waals surface area contributed by atoms with Crippen molar-refractivity contribution in [2.24, 2.45) is 0 Å². The Balaban J connectivity index is 2.19. The number of amides is 2. The van der Waals surface area contributed by atoms with Crippen molar-refractivity contribution >= 4 is 17.7 Å². The van der Waals surface area contributed by atoms with Gasteiger partial charge in [0.1, 0.15) is 0 Å². The first-order chi connectivity index (χ1) is 9.90. The standard InChI is InChI=1S/C15H20N2O4/c1-9-6-10(2)13(11(3)7-9)16-15(20)17-4-5-21-8-12(17)14(18)19/h6-7,12H,4-5,8H2,1-3H3,(H,16,20)(H,18,19). The first kappa shape index (κ1) is 15.3. The number of carboxylic acids is 1. The van der Waals surface area contributed by atoms with Gasteiger partial charge in [-0.2, -0.15) is 0 Å². The Morgan fingerprint density at radius 1 is 1.29 bits per heavy atom. The monoisotopic (exact) mass is 292 g/mol. The molecule has 1 aromatic carbocycles. The third-order valence-electron chi connectivity index (χ3n) is 3.58. The average molecular weight is 292 g/mol. The minimum absolute atomic E-state index is 0.0224. The Bertz CT molecular complexity index is 548. The summed E-state index contributed by atoms with van der Waals surface area (Å²) in [6.07, 6.45) is 0. The van der Waals surface area contributed by atoms with Crippen molar-refractivity contribution in [3.8, 4) is 0 Å². The molecule has 0 aliphatic carbocycles. The highest BCUT2D eigenvalue weighted by Crippen LogP contribution is 2.23. The van der Waals surface area contributed by atoms with Gasteiger partial charge in [0, 0.05) is 12.2 Å². The van der Waals surface area contributed by atoms with E-state index in [-0.39, 0.29) is 13.2 Å². The van der Waals surface area contributed by atoms with Crippen molar-refractivity contribution in [1.29, 1.82) is 0 Å². The summed E-state index contributed by atoms with van der Waals surface area (Å²) in [5.74, 6) is -1.05. The molecule has 2 amide bonds. The van der Waals surface area contributed by atoms with Gasteiger partial charge < -0.3 is 20.1 Å². The molecule has 1 heterocycles. The first-order valence-corrected chi connectivity index (χ1v) is 6.86. The number of benzene rings is 1. The lowest BCUT2D eigenvalue weighted by Gasteiger charge is -2.33. The minimum atomic E-state index is -1.05. The number of anilines is 1. The van der Waals surface area contributed by atoms with Gasteiger partial charge in [0.25, 0.3) is 0 Å². The molecule has 6 heteroatoms. The van der Waals surface area contributed by atoms with Crippen LogP contribution in [0, 0.1) is 20.8 Å². The predicted octanol–water partition coefficient (Wildman–Crippen LogP) is 1.93. The maximum absolute atomic E-state index is 12.4. The lowest BCUT2D eigenvalue weighted by atomic mass is 10.1. The number of carbonyl (C=O) groups excluding carboxylic acids is 1. The van der Waals surface area contributed by atoms with Gasteiger partial charge in [-0.05, 0) is 31.9 Å². The maximum atomic E-state index is 12.4. The zero-order chi connectivity index (χ0) is 15.6. The number of urea groups is 1. The molecule has 0 aromatic heterocycles. The molecular weight excluding hydrogens is 272 g/mol. The topological polar surface area (TPSA) is 78.9 Å². The number of nitrogens with zero attached hydrogens (tertiary/aromatic N) is 1. The molecule has 0 bridgehead atoms. The second-order valence-electron chi connectivity index (χ2n) is 5.33. The lowest BCUT2D eigenvalue weighted by molar-refractivity contribution is -0.147. The fourth-order valence-electron chi connectivity index (χ4n) is 2.61. The molecule has 1 aromatic rings. The number of aryl methyl sites for hydroxylation is 3. The first-order valence-electron chi connectivity index (χ1n) is 6.86. The highest BCUT2D eigenvalue weighted by molar-refractivity contribution is 5.93. The third kappa shape index (κ3) is 3.33. The van der Waals surface area contributed by atoms with Crippen LogP contribution in [-0.4, -0.2) is 47.8 Å². The van der Waals surface area contributed by atoms with Crippen molar-refractivity contribution in [2.45, 2.75) is 26.8 Å². The summed E-state index contributed by atoms with van der Waals surface area (Å²) in [5.41, 5.74) is 3.78. The lowest BCUT2D eigenvalue weighted by Crippen LogP contribution is -2.54. The Morgan fingerprint density at radius 2 is 1.90 bits per heavy atom. The number of rotatable bonds is 2. The summed E-state index contributed by atoms with van der Waals surface area (Å²) in [6.45, 7) is 6.48. The Hall–Kier alpha value is -2.08. The molecule has 1 saturated heterocycles. The van der Waals surface area contributed by atoms with Crippen molar-refractivity contribution in [3.63, 3.8) is 0 Å². The summed E-state index contributed by atoms with van der Waals surface area (Å²) in [4.78, 5) is 24.9. The molecular formula is C15H20N2O4. The van der Waals surface area contributed by atoms with Crippen LogP contribution in [0.3, 0.4) is 0 Å². The summed E-state index contributed by atoms with van der Waals surface area (Å²) >= 11 is 0. The number of nitrogens with one attached hydrogen (secondary N) is 1. The predicted molar refractivity (Wildman–Crippen MR) is 78.6 cm³/mol. The van der Waals surface area contributed by atoms with E-state index in [1.165, 1.54) is 4.90 Å². The normalized spacial score (nSPS) is 18.4. The molecule has 21 heavy (non-hydrogen) atoms. The van der Waals surface area contributed by atoms with Crippen molar-refractivity contribution in [3.05, 3.63) is 28.8 Å². The summed E-state index contributed by atoms with van der Waals surface area (Å²) in [5, 5.41) is 12.0. The smallest absolute Gasteiger partial charge is 0.328 e. The second-order valence-corrected chi connectivity index (χ2v) is 5.33. The number of morpholine rings is 1. The van der Waals surface area contributed by atoms with Crippen LogP contribution in [0.5, 0.6) is 0 Å². The van der Waals surface area contributed by atoms with E-state index in [0.29, 0.717) is 6.61 Å². The number of ether oxygens (including phenoxy) is 1. The van der Waals surface area contributed by atoms with E-state index < -0.39 is 18.0 Å². The number of carbonyl (C=O) groups is 2. The molecule has 114 valence electrons. The molecule has 0 radical (unpaired) electrons. The van der Waals surface area contributed by atoms with E-state index in [4.69, 9.17) is 9.84 Å². The van der Waals surface area contributed by atoms with Crippen LogP contribution >= 0.6 is 0 Å². The highest BCUT2D eigenvalue weighted by Gasteiger charge is 2.33. The van der Waals surface area contributed by atoms with Crippen LogP contribution in [0.25, 0.3) is 0 Å². The van der Waals surface area contributed by atoms with Gasteiger partial charge in [-0.3, -0.25) is 0 Å². The van der Waals surface area contributed by atoms with Gasteiger partial charge in [0.2, 0.25) is 0 Å². The van der Waals surface area contributed by atoms with Gasteiger partial charge in [-0.15, -0.1) is 0 Å². The molecule has 1 fully saturated rings. The Morgan fingerprint density at radius 3 is 2.48 bits per heavy atom. The fourth-order valence-corrected chi connectivity index (χ4v) is 2.61. The molecule has 1 aliphatic heterocycles. The van der Waals surface area contributed by atoms with E-state index in [9.17, 15) is 9.59 Å². The molecule has 1 unspecified atom stereocenters. The van der Waals surface area contributed by atoms with Gasteiger partial charge in [-0.1, -0.05) is 17.7 Å². The summed E-state index contributed by atoms with van der Waals surface area (Å²) in [6, 6.07) is 2.62. The minimum Gasteiger partial charge on any atom is -0.480 e. The number of hydrogen-bond acceptors (Lipinski definition) is 3. The maximum Gasteiger partial charge on any atom is 0.328 e. The number of aliphatic carboxylic acids is 1. The van der Waals surface area contributed by atoms with Crippen molar-refractivity contribution in [2.75, 3.05) is 25.1 Å². The van der Waals surface area contributed by atoms with Gasteiger partial charge >= 0.3 is 12.0 Å². The van der Waals surface area contributed by atoms with E-state index in [0.717, 1.165) is 22.4 Å². The van der Waals surface area contributed by atoms with E-state index >= 15 is 0 Å². The molecule has 2 rings (SSSR count). The van der Waals surface area contributed by atoms with Crippen LogP contribution in [0.1, 0.15) is 16.7 Å². The molecule has 2 N–H and O–H groups in total. The Labute approximate surface area is 123 Å². The van der Waals surface area contributed by atoms with Gasteiger partial charge in [0.05, 0.1) is 13.2 Å². The third-order valence-corrected chi connectivity index (χ3v) is 3.58. The zero-order valence-corrected chi connectivity index (χ0v) is 12.5. The molecule has 1 atom stereocenters. The van der Waals surface area contributed by atoms with E-state index in [1.807, 2.05) is 32.9 Å². The molecule has 6 nitrogen and oxygen atoms in total. The quantitative estimate of drug-likeness (QED) is 0.873. The van der Waals surface area contributed by atoms with Gasteiger partial charge in [0.15, 0.2) is 6.04 Å². The average Bonchev–Trinajstić information content (AvgIpc) is 2.42. The zero-order valence-electron chi connectivity index (χ0n) is 12.5. The van der Waals surface area contributed by atoms with Crippen LogP contribution in [0.2, 0.25) is 0 Å². The molecule has 1 aliphatic rings. The molecule has 0 spiro atoms. The molecule has 0 saturated carbocycles. The van der Waals surface area contributed by atoms with Crippen LogP contribution < -0.4 is 5.32 Å². The fraction of sp³-hybridized carbons (Fsp3) is 0.467. The van der Waals surface area contributed by atoms with Crippen LogP contribution in [0.15, 0.2) is 12.1 Å². The second kappa shape index (κ2) is 6.13. The largest absolute Gasteiger partial charge is 0.480 e. The Kier molecular flexibility index (Phi) is 4.47. The van der Waals surface area contributed by atoms with Crippen molar-refractivity contribution in [1.82, 2.24) is 4.90 Å². The van der Waals surface area contributed by atoms with Crippen LogP contribution in [0.4, 0.5) is 10.5 Å². The van der Waals surface area contributed by atoms with E-state index in [2.05, 4.69) is 5.32 Å². The number of carboxylic acid groups (broad SMARTS) is 1.